The van der Waals surface area contributed by atoms with Gasteiger partial charge in [0.2, 0.25) is 0 Å². The van der Waals surface area contributed by atoms with Crippen LogP contribution in [0.15, 0.2) is 23.1 Å². The minimum atomic E-state index is -1.11. The molecule has 0 unspecified atom stereocenters. The third-order valence-corrected chi connectivity index (χ3v) is 2.65. The van der Waals surface area contributed by atoms with E-state index in [2.05, 4.69) is 12.6 Å². The fourth-order valence-electron chi connectivity index (χ4n) is 0.841. The van der Waals surface area contributed by atoms with Crippen LogP contribution in [0.4, 0.5) is 0 Å². The molecule has 1 N–H and O–H groups in total. The largest absolute Gasteiger partial charge is 0.477 e. The van der Waals surface area contributed by atoms with Crippen molar-refractivity contribution >= 4 is 47.9 Å². The van der Waals surface area contributed by atoms with Crippen LogP contribution in [0.5, 0.6) is 0 Å². The molecular formula is C9H6Cl2O2S. The molecule has 0 saturated carbocycles. The highest BCUT2D eigenvalue weighted by Crippen LogP contribution is 2.27. The Morgan fingerprint density at radius 2 is 2.07 bits per heavy atom. The number of benzene rings is 1. The molecule has 1 aromatic carbocycles. The summed E-state index contributed by atoms with van der Waals surface area (Å²) in [5.74, 6) is -1.11. The molecule has 0 spiro atoms. The van der Waals surface area contributed by atoms with Gasteiger partial charge in [-0.2, -0.15) is 0 Å². The second-order valence-corrected chi connectivity index (χ2v) is 3.74. The van der Waals surface area contributed by atoms with Crippen LogP contribution in [-0.4, -0.2) is 11.1 Å². The molecule has 0 amide bonds. The third-order valence-electron chi connectivity index (χ3n) is 1.49. The average Bonchev–Trinajstić information content (AvgIpc) is 2.12. The molecule has 0 bridgehead atoms. The molecule has 0 radical (unpaired) electrons. The number of carbonyl (C=O) groups is 1. The van der Waals surface area contributed by atoms with E-state index in [1.807, 2.05) is 0 Å². The summed E-state index contributed by atoms with van der Waals surface area (Å²) in [4.78, 5) is 10.4. The van der Waals surface area contributed by atoms with E-state index in [0.29, 0.717) is 15.6 Å². The molecule has 5 heteroatoms. The first kappa shape index (κ1) is 11.4. The van der Waals surface area contributed by atoms with Gasteiger partial charge < -0.3 is 5.11 Å². The zero-order valence-corrected chi connectivity index (χ0v) is 9.27. The van der Waals surface area contributed by atoms with Crippen molar-refractivity contribution < 1.29 is 9.90 Å². The van der Waals surface area contributed by atoms with E-state index in [1.165, 1.54) is 6.08 Å². The van der Waals surface area contributed by atoms with Crippen LogP contribution in [0, 0.1) is 0 Å². The van der Waals surface area contributed by atoms with Crippen LogP contribution in [0.2, 0.25) is 10.0 Å². The van der Waals surface area contributed by atoms with Gasteiger partial charge in [0.15, 0.2) is 0 Å². The van der Waals surface area contributed by atoms with Gasteiger partial charge in [0.05, 0.1) is 15.0 Å². The average molecular weight is 249 g/mol. The molecule has 2 nitrogen and oxygen atoms in total. The number of hydrogen-bond acceptors (Lipinski definition) is 2. The number of hydrogen-bond donors (Lipinski definition) is 2. The van der Waals surface area contributed by atoms with Gasteiger partial charge in [-0.25, -0.2) is 4.79 Å². The van der Waals surface area contributed by atoms with Crippen molar-refractivity contribution in [2.24, 2.45) is 0 Å². The van der Waals surface area contributed by atoms with Crippen molar-refractivity contribution in [2.75, 3.05) is 0 Å². The molecule has 74 valence electrons. The van der Waals surface area contributed by atoms with E-state index in [1.54, 1.807) is 18.2 Å². The summed E-state index contributed by atoms with van der Waals surface area (Å²) in [6, 6.07) is 4.97. The van der Waals surface area contributed by atoms with E-state index in [4.69, 9.17) is 28.3 Å². The Morgan fingerprint density at radius 1 is 1.43 bits per heavy atom. The van der Waals surface area contributed by atoms with E-state index >= 15 is 0 Å². The lowest BCUT2D eigenvalue weighted by molar-refractivity contribution is -0.131. The minimum absolute atomic E-state index is 0.0887. The lowest BCUT2D eigenvalue weighted by atomic mass is 10.2. The lowest BCUT2D eigenvalue weighted by Gasteiger charge is -2.00. The second kappa shape index (κ2) is 4.73. The number of carboxylic acids is 1. The molecule has 0 aliphatic rings. The van der Waals surface area contributed by atoms with Crippen LogP contribution < -0.4 is 0 Å². The highest BCUT2D eigenvalue weighted by atomic mass is 35.5. The summed E-state index contributed by atoms with van der Waals surface area (Å²) in [6.45, 7) is 0. The molecule has 1 aromatic rings. The second-order valence-electron chi connectivity index (χ2n) is 2.48. The monoisotopic (exact) mass is 248 g/mol. The Morgan fingerprint density at radius 3 is 2.64 bits per heavy atom. The highest BCUT2D eigenvalue weighted by Gasteiger charge is 2.05. The molecule has 0 aliphatic heterocycles. The van der Waals surface area contributed by atoms with Crippen molar-refractivity contribution in [3.63, 3.8) is 0 Å². The van der Waals surface area contributed by atoms with Gasteiger partial charge in [-0.15, -0.1) is 12.6 Å². The van der Waals surface area contributed by atoms with Gasteiger partial charge in [0.1, 0.15) is 0 Å². The number of carboxylic acid groups (broad SMARTS) is 1. The van der Waals surface area contributed by atoms with E-state index in [9.17, 15) is 4.79 Å². The topological polar surface area (TPSA) is 37.3 Å². The molecule has 0 aromatic heterocycles. The molecule has 0 saturated heterocycles. The van der Waals surface area contributed by atoms with E-state index < -0.39 is 5.97 Å². The zero-order valence-electron chi connectivity index (χ0n) is 6.87. The van der Waals surface area contributed by atoms with Crippen LogP contribution in [0.1, 0.15) is 5.56 Å². The number of halogens is 2. The van der Waals surface area contributed by atoms with Gasteiger partial charge in [-0.1, -0.05) is 35.3 Å². The Labute approximate surface area is 96.6 Å². The maximum absolute atomic E-state index is 10.5. The van der Waals surface area contributed by atoms with Crippen molar-refractivity contribution in [1.29, 1.82) is 0 Å². The van der Waals surface area contributed by atoms with Gasteiger partial charge in [-0.3, -0.25) is 0 Å². The fourth-order valence-corrected chi connectivity index (χ4v) is 1.34. The lowest BCUT2D eigenvalue weighted by Crippen LogP contribution is -1.93. The predicted octanol–water partition coefficient (Wildman–Crippen LogP) is 3.35. The summed E-state index contributed by atoms with van der Waals surface area (Å²) < 4.78 is 0. The first-order chi connectivity index (χ1) is 6.52. The van der Waals surface area contributed by atoms with Gasteiger partial charge in [-0.05, 0) is 17.7 Å². The third kappa shape index (κ3) is 2.67. The molecule has 0 atom stereocenters. The zero-order chi connectivity index (χ0) is 10.7. The summed E-state index contributed by atoms with van der Waals surface area (Å²) in [5, 5.41) is 9.29. The Kier molecular flexibility index (Phi) is 3.86. The Hall–Kier alpha value is -0.640. The van der Waals surface area contributed by atoms with E-state index in [-0.39, 0.29) is 4.91 Å². The van der Waals surface area contributed by atoms with Crippen LogP contribution in [-0.2, 0) is 4.79 Å². The van der Waals surface area contributed by atoms with Gasteiger partial charge >= 0.3 is 5.97 Å². The molecule has 1 rings (SSSR count). The van der Waals surface area contributed by atoms with Crippen LogP contribution >= 0.6 is 35.8 Å². The first-order valence-electron chi connectivity index (χ1n) is 3.60. The van der Waals surface area contributed by atoms with Crippen LogP contribution in [0.25, 0.3) is 6.08 Å². The van der Waals surface area contributed by atoms with Crippen molar-refractivity contribution in [1.82, 2.24) is 0 Å². The minimum Gasteiger partial charge on any atom is -0.477 e. The number of aliphatic carboxylic acids is 1. The highest BCUT2D eigenvalue weighted by molar-refractivity contribution is 7.85. The number of rotatable bonds is 2. The molecule has 14 heavy (non-hydrogen) atoms. The van der Waals surface area contributed by atoms with Crippen molar-refractivity contribution in [3.8, 4) is 0 Å². The maximum Gasteiger partial charge on any atom is 0.341 e. The van der Waals surface area contributed by atoms with E-state index in [0.717, 1.165) is 0 Å². The molecule has 0 aliphatic carbocycles. The molecular weight excluding hydrogens is 243 g/mol. The fraction of sp³-hybridized carbons (Fsp3) is 0. The maximum atomic E-state index is 10.5. The smallest absolute Gasteiger partial charge is 0.341 e. The molecule has 0 fully saturated rings. The van der Waals surface area contributed by atoms with Gasteiger partial charge in [0.25, 0.3) is 0 Å². The summed E-state index contributed by atoms with van der Waals surface area (Å²) >= 11 is 15.4. The van der Waals surface area contributed by atoms with Crippen molar-refractivity contribution in [2.45, 2.75) is 0 Å². The first-order valence-corrected chi connectivity index (χ1v) is 4.80. The number of thiol groups is 1. The predicted molar refractivity (Wildman–Crippen MR) is 61.1 cm³/mol. The van der Waals surface area contributed by atoms with Crippen molar-refractivity contribution in [3.05, 3.63) is 38.7 Å². The normalized spacial score (nSPS) is 11.5. The Balaban J connectivity index is 3.15. The standard InChI is InChI=1S/C9H6Cl2O2S/c10-6-3-1-2-5(8(6)11)4-7(14)9(12)13/h1-4,14H,(H,12,13). The summed E-state index contributed by atoms with van der Waals surface area (Å²) in [7, 11) is 0. The SMILES string of the molecule is O=C(O)C(S)=Cc1cccc(Cl)c1Cl. The summed E-state index contributed by atoms with van der Waals surface area (Å²) in [6.07, 6.45) is 1.35. The Bertz CT molecular complexity index is 402. The summed E-state index contributed by atoms with van der Waals surface area (Å²) in [5.41, 5.74) is 0.534. The quantitative estimate of drug-likeness (QED) is 0.623. The van der Waals surface area contributed by atoms with Gasteiger partial charge in [0, 0.05) is 0 Å². The molecule has 0 heterocycles. The van der Waals surface area contributed by atoms with Crippen LogP contribution in [0.3, 0.4) is 0 Å².